The van der Waals surface area contributed by atoms with Crippen LogP contribution in [0.25, 0.3) is 10.4 Å². The summed E-state index contributed by atoms with van der Waals surface area (Å²) in [5.74, 6) is -1.50. The van der Waals surface area contributed by atoms with Gasteiger partial charge in [0.05, 0.1) is 13.0 Å². The summed E-state index contributed by atoms with van der Waals surface area (Å²) in [5.41, 5.74) is 6.20. The van der Waals surface area contributed by atoms with Crippen molar-refractivity contribution in [3.05, 3.63) is 34.7 Å². The molecule has 7 nitrogen and oxygen atoms in total. The third kappa shape index (κ3) is 6.14. The summed E-state index contributed by atoms with van der Waals surface area (Å²) in [6, 6.07) is 7.07. The van der Waals surface area contributed by atoms with Gasteiger partial charge in [-0.15, -0.1) is 11.3 Å². The third-order valence-electron chi connectivity index (χ3n) is 4.49. The average Bonchev–Trinajstić information content (AvgIpc) is 3.13. The minimum atomic E-state index is -0.652. The number of hydrogen-bond donors (Lipinski definition) is 2. The Hall–Kier alpha value is -2.71. The van der Waals surface area contributed by atoms with Crippen molar-refractivity contribution in [2.45, 2.75) is 52.4 Å². The van der Waals surface area contributed by atoms with Gasteiger partial charge in [-0.25, -0.2) is 0 Å². The van der Waals surface area contributed by atoms with Gasteiger partial charge in [-0.05, 0) is 30.7 Å². The minimum absolute atomic E-state index is 0.0336. The van der Waals surface area contributed by atoms with Crippen LogP contribution >= 0.6 is 11.3 Å². The van der Waals surface area contributed by atoms with Crippen LogP contribution in [0.5, 0.6) is 11.5 Å². The normalized spacial score (nSPS) is 11.7. The predicted molar refractivity (Wildman–Crippen MR) is 115 cm³/mol. The first-order valence-electron chi connectivity index (χ1n) is 9.78. The molecule has 0 aliphatic heterocycles. The molecular weight excluding hydrogens is 406 g/mol. The van der Waals surface area contributed by atoms with Gasteiger partial charge in [-0.2, -0.15) is 0 Å². The molecule has 0 fully saturated rings. The van der Waals surface area contributed by atoms with Crippen molar-refractivity contribution in [1.82, 2.24) is 0 Å². The van der Waals surface area contributed by atoms with E-state index >= 15 is 0 Å². The van der Waals surface area contributed by atoms with E-state index in [2.05, 4.69) is 6.92 Å². The van der Waals surface area contributed by atoms with Crippen molar-refractivity contribution in [2.24, 2.45) is 5.73 Å². The number of aliphatic hydroxyl groups is 1. The summed E-state index contributed by atoms with van der Waals surface area (Å²) in [4.78, 5) is 36.7. The highest BCUT2D eigenvalue weighted by molar-refractivity contribution is 7.15. The Kier molecular flexibility index (Phi) is 8.56. The van der Waals surface area contributed by atoms with E-state index in [0.29, 0.717) is 5.56 Å². The lowest BCUT2D eigenvalue weighted by molar-refractivity contribution is -0.132. The molecule has 8 heteroatoms. The zero-order valence-corrected chi connectivity index (χ0v) is 18.2. The third-order valence-corrected chi connectivity index (χ3v) is 5.77. The number of unbranched alkanes of at least 4 members (excludes halogenated alkanes) is 1. The standard InChI is InChI=1S/C22H27NO6S/c1-4-5-6-15(12-24)19-9-10-20(30-19)16-7-8-18(28-13(2)25)17(11-21(23)27)22(16)29-14(3)26/h7-10,15,24H,4-6,11-12H2,1-3H3,(H2,23,27). The van der Waals surface area contributed by atoms with Gasteiger partial charge in [-0.1, -0.05) is 19.8 Å². The Balaban J connectivity index is 2.57. The molecule has 0 bridgehead atoms. The number of rotatable bonds is 10. The number of benzene rings is 1. The first kappa shape index (κ1) is 23.6. The molecule has 1 heterocycles. The highest BCUT2D eigenvalue weighted by Gasteiger charge is 2.23. The molecule has 162 valence electrons. The highest BCUT2D eigenvalue weighted by atomic mass is 32.1. The molecule has 0 saturated carbocycles. The first-order valence-corrected chi connectivity index (χ1v) is 10.6. The Morgan fingerprint density at radius 3 is 2.37 bits per heavy atom. The van der Waals surface area contributed by atoms with E-state index < -0.39 is 17.8 Å². The van der Waals surface area contributed by atoms with Crippen molar-refractivity contribution < 1.29 is 29.0 Å². The lowest BCUT2D eigenvalue weighted by Gasteiger charge is -2.16. The van der Waals surface area contributed by atoms with Crippen LogP contribution in [0.3, 0.4) is 0 Å². The molecule has 1 aromatic carbocycles. The summed E-state index contributed by atoms with van der Waals surface area (Å²) >= 11 is 1.48. The van der Waals surface area contributed by atoms with Gasteiger partial charge in [0.15, 0.2) is 0 Å². The predicted octanol–water partition coefficient (Wildman–Crippen LogP) is 3.56. The fourth-order valence-electron chi connectivity index (χ4n) is 3.15. The number of thiophene rings is 1. The van der Waals surface area contributed by atoms with Crippen LogP contribution in [0.4, 0.5) is 0 Å². The fourth-order valence-corrected chi connectivity index (χ4v) is 4.30. The smallest absolute Gasteiger partial charge is 0.308 e. The summed E-state index contributed by atoms with van der Waals surface area (Å²) in [5, 5.41) is 9.76. The van der Waals surface area contributed by atoms with E-state index in [0.717, 1.165) is 29.0 Å². The number of hydrogen-bond acceptors (Lipinski definition) is 7. The molecule has 0 aliphatic carbocycles. The van der Waals surface area contributed by atoms with Crippen molar-refractivity contribution in [2.75, 3.05) is 6.61 Å². The SMILES string of the molecule is CCCCC(CO)c1ccc(-c2ccc(OC(C)=O)c(CC(N)=O)c2OC(C)=O)s1. The lowest BCUT2D eigenvalue weighted by Crippen LogP contribution is -2.17. The summed E-state index contributed by atoms with van der Waals surface area (Å²) < 4.78 is 10.6. The number of carbonyl (C=O) groups is 3. The number of amides is 1. The molecule has 0 radical (unpaired) electrons. The van der Waals surface area contributed by atoms with Crippen LogP contribution in [-0.2, 0) is 20.8 Å². The zero-order chi connectivity index (χ0) is 22.3. The van der Waals surface area contributed by atoms with E-state index in [-0.39, 0.29) is 36.0 Å². The average molecular weight is 434 g/mol. The Morgan fingerprint density at radius 2 is 1.80 bits per heavy atom. The van der Waals surface area contributed by atoms with Gasteiger partial charge >= 0.3 is 11.9 Å². The molecule has 1 aromatic heterocycles. The number of carbonyl (C=O) groups excluding carboxylic acids is 3. The van der Waals surface area contributed by atoms with Crippen LogP contribution in [0.1, 0.15) is 56.4 Å². The number of aliphatic hydroxyl groups excluding tert-OH is 1. The van der Waals surface area contributed by atoms with Crippen molar-refractivity contribution >= 4 is 29.2 Å². The van der Waals surface area contributed by atoms with Gasteiger partial charge in [0.2, 0.25) is 5.91 Å². The molecule has 0 spiro atoms. The largest absolute Gasteiger partial charge is 0.426 e. The van der Waals surface area contributed by atoms with E-state index in [1.165, 1.54) is 25.2 Å². The van der Waals surface area contributed by atoms with Crippen molar-refractivity contribution in [1.29, 1.82) is 0 Å². The molecule has 3 N–H and O–H groups in total. The Labute approximate surface area is 179 Å². The molecule has 1 atom stereocenters. The van der Waals surface area contributed by atoms with Crippen LogP contribution in [0.2, 0.25) is 0 Å². The molecule has 2 rings (SSSR count). The maximum Gasteiger partial charge on any atom is 0.308 e. The topological polar surface area (TPSA) is 116 Å². The van der Waals surface area contributed by atoms with Gasteiger partial charge in [0.1, 0.15) is 11.5 Å². The monoisotopic (exact) mass is 433 g/mol. The number of esters is 2. The molecule has 0 saturated heterocycles. The first-order chi connectivity index (χ1) is 14.3. The van der Waals surface area contributed by atoms with Crippen LogP contribution in [0, 0.1) is 0 Å². The number of ether oxygens (including phenoxy) is 2. The summed E-state index contributed by atoms with van der Waals surface area (Å²) in [7, 11) is 0. The summed E-state index contributed by atoms with van der Waals surface area (Å²) in [6.07, 6.45) is 2.67. The van der Waals surface area contributed by atoms with E-state index in [4.69, 9.17) is 15.2 Å². The molecular formula is C22H27NO6S. The van der Waals surface area contributed by atoms with Crippen LogP contribution < -0.4 is 15.2 Å². The maximum absolute atomic E-state index is 11.8. The zero-order valence-electron chi connectivity index (χ0n) is 17.4. The molecule has 1 amide bonds. The van der Waals surface area contributed by atoms with Crippen LogP contribution in [-0.4, -0.2) is 29.6 Å². The second kappa shape index (κ2) is 10.9. The van der Waals surface area contributed by atoms with Gasteiger partial charge in [-0.3, -0.25) is 14.4 Å². The van der Waals surface area contributed by atoms with Crippen molar-refractivity contribution in [3.63, 3.8) is 0 Å². The fraction of sp³-hybridized carbons (Fsp3) is 0.409. The summed E-state index contributed by atoms with van der Waals surface area (Å²) in [6.45, 7) is 4.65. The highest BCUT2D eigenvalue weighted by Crippen LogP contribution is 2.43. The Bertz CT molecular complexity index is 920. The van der Waals surface area contributed by atoms with Gasteiger partial charge in [0, 0.05) is 40.6 Å². The van der Waals surface area contributed by atoms with E-state index in [1.54, 1.807) is 12.1 Å². The quantitative estimate of drug-likeness (QED) is 0.437. The van der Waals surface area contributed by atoms with Crippen LogP contribution in [0.15, 0.2) is 24.3 Å². The Morgan fingerprint density at radius 1 is 1.10 bits per heavy atom. The van der Waals surface area contributed by atoms with Gasteiger partial charge < -0.3 is 20.3 Å². The minimum Gasteiger partial charge on any atom is -0.426 e. The maximum atomic E-state index is 11.8. The van der Waals surface area contributed by atoms with E-state index in [9.17, 15) is 19.5 Å². The number of nitrogens with two attached hydrogens (primary N) is 1. The van der Waals surface area contributed by atoms with E-state index in [1.807, 2.05) is 12.1 Å². The van der Waals surface area contributed by atoms with Gasteiger partial charge in [0.25, 0.3) is 0 Å². The molecule has 30 heavy (non-hydrogen) atoms. The lowest BCUT2D eigenvalue weighted by atomic mass is 10.0. The number of primary amides is 1. The molecule has 0 aliphatic rings. The second-order valence-corrected chi connectivity index (χ2v) is 8.09. The molecule has 1 unspecified atom stereocenters. The van der Waals surface area contributed by atoms with Crippen molar-refractivity contribution in [3.8, 4) is 21.9 Å². The molecule has 2 aromatic rings. The second-order valence-electron chi connectivity index (χ2n) is 6.97.